The van der Waals surface area contributed by atoms with Gasteiger partial charge in [0, 0.05) is 44.6 Å². The molecule has 2 amide bonds. The van der Waals surface area contributed by atoms with Crippen LogP contribution in [0.2, 0.25) is 0 Å². The number of nitriles is 1. The minimum Gasteiger partial charge on any atom is -0.325 e. The number of nitrogens with one attached hydrogen (secondary N) is 1. The Balaban J connectivity index is 1.40. The Morgan fingerprint density at radius 1 is 1.05 bits per heavy atom. The van der Waals surface area contributed by atoms with Gasteiger partial charge in [-0.3, -0.25) is 19.5 Å². The number of benzene rings is 3. The van der Waals surface area contributed by atoms with Crippen LogP contribution in [0, 0.1) is 11.3 Å². The van der Waals surface area contributed by atoms with Crippen molar-refractivity contribution in [3.63, 3.8) is 0 Å². The standard InChI is InChI=1S/C30H30N6O2/c1-34-14-16-36(17-15-34)20-27(37)35(2)24-11-9-23(10-12-24)32-29(22-6-4-3-5-7-22)28-25-13-8-21(19-31)18-26(25)33-30(28)38/h3-13,18,28H,14-17,20H2,1-2H3,(H,33,38). The van der Waals surface area contributed by atoms with E-state index in [1.54, 1.807) is 24.1 Å². The Morgan fingerprint density at radius 2 is 1.76 bits per heavy atom. The van der Waals surface area contributed by atoms with Gasteiger partial charge in [0.2, 0.25) is 11.8 Å². The molecule has 3 aromatic carbocycles. The first-order chi connectivity index (χ1) is 18.4. The van der Waals surface area contributed by atoms with Gasteiger partial charge in [-0.15, -0.1) is 0 Å². The Kier molecular flexibility index (Phi) is 7.31. The average molecular weight is 507 g/mol. The third kappa shape index (κ3) is 5.35. The van der Waals surface area contributed by atoms with Crippen LogP contribution in [0.25, 0.3) is 0 Å². The van der Waals surface area contributed by atoms with Crippen LogP contribution in [-0.4, -0.2) is 74.1 Å². The molecule has 192 valence electrons. The molecule has 0 spiro atoms. The highest BCUT2D eigenvalue weighted by atomic mass is 16.2. The van der Waals surface area contributed by atoms with Crippen molar-refractivity contribution in [2.45, 2.75) is 5.92 Å². The van der Waals surface area contributed by atoms with Gasteiger partial charge in [-0.05, 0) is 54.6 Å². The van der Waals surface area contributed by atoms with E-state index in [2.05, 4.69) is 28.2 Å². The number of carbonyl (C=O) groups is 2. The van der Waals surface area contributed by atoms with Crippen molar-refractivity contribution in [2.24, 2.45) is 4.99 Å². The van der Waals surface area contributed by atoms with Crippen LogP contribution in [-0.2, 0) is 9.59 Å². The highest BCUT2D eigenvalue weighted by Gasteiger charge is 2.35. The number of fused-ring (bicyclic) bond motifs is 1. The van der Waals surface area contributed by atoms with E-state index in [9.17, 15) is 14.9 Å². The fraction of sp³-hybridized carbons (Fsp3) is 0.267. The summed E-state index contributed by atoms with van der Waals surface area (Å²) in [5, 5.41) is 12.2. The van der Waals surface area contributed by atoms with Crippen LogP contribution in [0.3, 0.4) is 0 Å². The molecule has 2 aliphatic rings. The SMILES string of the molecule is CN1CCN(CC(=O)N(C)c2ccc(N=C(c3ccccc3)C3C(=O)Nc4cc(C#N)ccc43)cc2)CC1. The first kappa shape index (κ1) is 25.3. The van der Waals surface area contributed by atoms with Gasteiger partial charge in [-0.2, -0.15) is 5.26 Å². The summed E-state index contributed by atoms with van der Waals surface area (Å²) in [4.78, 5) is 37.1. The lowest BCUT2D eigenvalue weighted by Crippen LogP contribution is -2.48. The molecule has 8 heteroatoms. The molecule has 0 bridgehead atoms. The number of hydrogen-bond acceptors (Lipinski definition) is 6. The van der Waals surface area contributed by atoms with Gasteiger partial charge >= 0.3 is 0 Å². The van der Waals surface area contributed by atoms with E-state index in [0.29, 0.717) is 29.2 Å². The number of likely N-dealkylation sites (N-methyl/N-ethyl adjacent to an activating group) is 2. The van der Waals surface area contributed by atoms with Crippen LogP contribution in [0.4, 0.5) is 17.1 Å². The summed E-state index contributed by atoms with van der Waals surface area (Å²) in [5.41, 5.74) is 4.86. The lowest BCUT2D eigenvalue weighted by atomic mass is 9.90. The van der Waals surface area contributed by atoms with Crippen molar-refractivity contribution in [3.05, 3.63) is 89.5 Å². The number of rotatable bonds is 6. The van der Waals surface area contributed by atoms with Crippen molar-refractivity contribution in [3.8, 4) is 6.07 Å². The zero-order valence-corrected chi connectivity index (χ0v) is 21.6. The minimum absolute atomic E-state index is 0.0479. The molecular formula is C30H30N6O2. The lowest BCUT2D eigenvalue weighted by Gasteiger charge is -2.32. The second-order valence-electron chi connectivity index (χ2n) is 9.75. The summed E-state index contributed by atoms with van der Waals surface area (Å²) in [5.74, 6) is -0.733. The van der Waals surface area contributed by atoms with Gasteiger partial charge in [0.15, 0.2) is 0 Å². The smallest absolute Gasteiger partial charge is 0.240 e. The van der Waals surface area contributed by atoms with Gasteiger partial charge < -0.3 is 15.1 Å². The van der Waals surface area contributed by atoms with Crippen LogP contribution in [0.15, 0.2) is 77.8 Å². The van der Waals surface area contributed by atoms with Gasteiger partial charge in [0.25, 0.3) is 0 Å². The largest absolute Gasteiger partial charge is 0.325 e. The number of nitrogens with zero attached hydrogens (tertiary/aromatic N) is 5. The summed E-state index contributed by atoms with van der Waals surface area (Å²) in [6.07, 6.45) is 0. The second-order valence-corrected chi connectivity index (χ2v) is 9.75. The fourth-order valence-corrected chi connectivity index (χ4v) is 4.85. The Bertz CT molecular complexity index is 1400. The lowest BCUT2D eigenvalue weighted by molar-refractivity contribution is -0.120. The van der Waals surface area contributed by atoms with Crippen molar-refractivity contribution >= 4 is 34.6 Å². The summed E-state index contributed by atoms with van der Waals surface area (Å²) in [6.45, 7) is 4.11. The monoisotopic (exact) mass is 506 g/mol. The highest BCUT2D eigenvalue weighted by Crippen LogP contribution is 2.37. The minimum atomic E-state index is -0.604. The van der Waals surface area contributed by atoms with Crippen molar-refractivity contribution in [2.75, 3.05) is 57.0 Å². The van der Waals surface area contributed by atoms with Crippen molar-refractivity contribution in [1.29, 1.82) is 5.26 Å². The molecule has 38 heavy (non-hydrogen) atoms. The molecular weight excluding hydrogens is 476 g/mol. The van der Waals surface area contributed by atoms with E-state index in [-0.39, 0.29) is 11.8 Å². The summed E-state index contributed by atoms with van der Waals surface area (Å²) < 4.78 is 0. The molecule has 1 atom stereocenters. The molecule has 2 heterocycles. The topological polar surface area (TPSA) is 92.0 Å². The molecule has 2 aliphatic heterocycles. The van der Waals surface area contributed by atoms with Crippen LogP contribution < -0.4 is 10.2 Å². The van der Waals surface area contributed by atoms with Crippen LogP contribution in [0.1, 0.15) is 22.6 Å². The normalized spacial score (nSPS) is 18.0. The zero-order valence-electron chi connectivity index (χ0n) is 21.6. The summed E-state index contributed by atoms with van der Waals surface area (Å²) in [6, 6.07) is 24.5. The molecule has 1 unspecified atom stereocenters. The van der Waals surface area contributed by atoms with Crippen LogP contribution in [0.5, 0.6) is 0 Å². The van der Waals surface area contributed by atoms with E-state index in [4.69, 9.17) is 4.99 Å². The zero-order chi connectivity index (χ0) is 26.6. The van der Waals surface area contributed by atoms with E-state index in [1.165, 1.54) is 0 Å². The number of carbonyl (C=O) groups excluding carboxylic acids is 2. The van der Waals surface area contributed by atoms with Crippen molar-refractivity contribution in [1.82, 2.24) is 9.80 Å². The molecule has 0 aliphatic carbocycles. The Morgan fingerprint density at radius 3 is 2.45 bits per heavy atom. The van der Waals surface area contributed by atoms with E-state index >= 15 is 0 Å². The maximum Gasteiger partial charge on any atom is 0.240 e. The Labute approximate surface area is 222 Å². The molecule has 1 fully saturated rings. The summed E-state index contributed by atoms with van der Waals surface area (Å²) >= 11 is 0. The number of hydrogen-bond donors (Lipinski definition) is 1. The van der Waals surface area contributed by atoms with Gasteiger partial charge in [-0.25, -0.2) is 0 Å². The van der Waals surface area contributed by atoms with Crippen LogP contribution >= 0.6 is 0 Å². The number of aliphatic imine (C=N–C) groups is 1. The van der Waals surface area contributed by atoms with Crippen molar-refractivity contribution < 1.29 is 9.59 Å². The molecule has 0 aromatic heterocycles. The third-order valence-electron chi connectivity index (χ3n) is 7.17. The molecule has 0 saturated carbocycles. The maximum absolute atomic E-state index is 13.1. The predicted octanol–water partition coefficient (Wildman–Crippen LogP) is 3.63. The van der Waals surface area contributed by atoms with Gasteiger partial charge in [0.1, 0.15) is 5.92 Å². The molecule has 8 nitrogen and oxygen atoms in total. The first-order valence-electron chi connectivity index (χ1n) is 12.7. The molecule has 3 aromatic rings. The molecule has 1 N–H and O–H groups in total. The average Bonchev–Trinajstić information content (AvgIpc) is 3.27. The van der Waals surface area contributed by atoms with E-state index in [1.807, 2.05) is 60.7 Å². The Hall–Kier alpha value is -4.32. The molecule has 0 radical (unpaired) electrons. The van der Waals surface area contributed by atoms with E-state index in [0.717, 1.165) is 43.0 Å². The third-order valence-corrected chi connectivity index (χ3v) is 7.17. The number of amides is 2. The van der Waals surface area contributed by atoms with Gasteiger partial charge in [-0.1, -0.05) is 36.4 Å². The van der Waals surface area contributed by atoms with E-state index < -0.39 is 5.92 Å². The fourth-order valence-electron chi connectivity index (χ4n) is 4.85. The predicted molar refractivity (Wildman–Crippen MR) is 149 cm³/mol. The highest BCUT2D eigenvalue weighted by molar-refractivity contribution is 6.24. The number of anilines is 2. The quantitative estimate of drug-likeness (QED) is 0.516. The van der Waals surface area contributed by atoms with Gasteiger partial charge in [0.05, 0.1) is 29.6 Å². The second kappa shape index (κ2) is 11.0. The summed E-state index contributed by atoms with van der Waals surface area (Å²) in [7, 11) is 3.89. The maximum atomic E-state index is 13.1. The number of piperazine rings is 1. The molecule has 1 saturated heterocycles. The molecule has 5 rings (SSSR count). The first-order valence-corrected chi connectivity index (χ1v) is 12.7.